The molecule has 0 aliphatic heterocycles. The van der Waals surface area contributed by atoms with Crippen molar-refractivity contribution >= 4 is 11.9 Å². The first-order valence-corrected chi connectivity index (χ1v) is 11.0. The summed E-state index contributed by atoms with van der Waals surface area (Å²) in [5, 5.41) is 2.57. The minimum atomic E-state index is -0.562. The topological polar surface area (TPSA) is 55.4 Å². The normalized spacial score (nSPS) is 12.9. The Morgan fingerprint density at radius 2 is 1.37 bits per heavy atom. The summed E-state index contributed by atoms with van der Waals surface area (Å²) in [6, 6.07) is -0.562. The van der Waals surface area contributed by atoms with Crippen molar-refractivity contribution in [1.29, 1.82) is 0 Å². The van der Waals surface area contributed by atoms with Gasteiger partial charge in [0.1, 0.15) is 5.60 Å². The second-order valence-electron chi connectivity index (χ2n) is 8.50. The predicted octanol–water partition coefficient (Wildman–Crippen LogP) is 6.73. The van der Waals surface area contributed by atoms with Crippen molar-refractivity contribution < 1.29 is 14.3 Å². The lowest BCUT2D eigenvalue weighted by Gasteiger charge is -2.21. The highest BCUT2D eigenvalue weighted by molar-refractivity contribution is 5.95. The molecule has 1 N–H and O–H groups in total. The van der Waals surface area contributed by atoms with Gasteiger partial charge in [-0.05, 0) is 46.6 Å². The highest BCUT2D eigenvalue weighted by atomic mass is 16.6. The van der Waals surface area contributed by atoms with Gasteiger partial charge in [-0.1, -0.05) is 77.2 Å². The van der Waals surface area contributed by atoms with Crippen LogP contribution in [0.4, 0.5) is 4.79 Å². The molecule has 0 aliphatic carbocycles. The van der Waals surface area contributed by atoms with Crippen molar-refractivity contribution in [2.24, 2.45) is 0 Å². The predicted molar refractivity (Wildman–Crippen MR) is 114 cm³/mol. The van der Waals surface area contributed by atoms with Crippen LogP contribution >= 0.6 is 0 Å². The van der Waals surface area contributed by atoms with Crippen LogP contribution in [0.25, 0.3) is 0 Å². The lowest BCUT2D eigenvalue weighted by molar-refractivity contribution is -0.116. The summed E-state index contributed by atoms with van der Waals surface area (Å²) >= 11 is 0. The van der Waals surface area contributed by atoms with Gasteiger partial charge in [-0.25, -0.2) is 4.79 Å². The van der Waals surface area contributed by atoms with Gasteiger partial charge >= 0.3 is 6.09 Å². The Kier molecular flexibility index (Phi) is 14.9. The van der Waals surface area contributed by atoms with Gasteiger partial charge in [-0.3, -0.25) is 4.79 Å². The number of unbranched alkanes of at least 4 members (excludes halogenated alkanes) is 11. The molecule has 27 heavy (non-hydrogen) atoms. The summed E-state index contributed by atoms with van der Waals surface area (Å²) in [7, 11) is 0. The van der Waals surface area contributed by atoms with Gasteiger partial charge in [-0.15, -0.1) is 0 Å². The fourth-order valence-electron chi connectivity index (χ4n) is 2.83. The fraction of sp³-hybridized carbons (Fsp3) is 0.826. The fourth-order valence-corrected chi connectivity index (χ4v) is 2.83. The van der Waals surface area contributed by atoms with Gasteiger partial charge in [0.05, 0.1) is 6.04 Å². The van der Waals surface area contributed by atoms with Crippen LogP contribution in [-0.2, 0) is 9.53 Å². The van der Waals surface area contributed by atoms with Crippen LogP contribution < -0.4 is 5.32 Å². The molecule has 0 rings (SSSR count). The molecule has 0 aromatic carbocycles. The summed E-state index contributed by atoms with van der Waals surface area (Å²) in [6.07, 6.45) is 18.4. The summed E-state index contributed by atoms with van der Waals surface area (Å²) in [5.41, 5.74) is -0.558. The van der Waals surface area contributed by atoms with E-state index in [0.29, 0.717) is 0 Å². The van der Waals surface area contributed by atoms with Crippen LogP contribution in [0.2, 0.25) is 0 Å². The first-order valence-electron chi connectivity index (χ1n) is 11.0. The molecule has 1 atom stereocenters. The molecule has 0 radical (unpaired) electrons. The zero-order chi connectivity index (χ0) is 20.5. The highest BCUT2D eigenvalue weighted by Gasteiger charge is 2.19. The van der Waals surface area contributed by atoms with Crippen LogP contribution in [0.1, 0.15) is 112 Å². The van der Waals surface area contributed by atoms with E-state index in [0.717, 1.165) is 12.8 Å². The van der Waals surface area contributed by atoms with E-state index in [1.165, 1.54) is 64.2 Å². The SMILES string of the molecule is CCCCCCCCCCCCC/C=C/C(=O)C(C)NC(=O)OC(C)(C)C. The molecular formula is C23H43NO3. The number of rotatable bonds is 15. The minimum Gasteiger partial charge on any atom is -0.444 e. The molecular weight excluding hydrogens is 338 g/mol. The minimum absolute atomic E-state index is 0.0936. The lowest BCUT2D eigenvalue weighted by atomic mass is 10.1. The maximum atomic E-state index is 12.0. The molecule has 4 heteroatoms. The molecule has 158 valence electrons. The number of ether oxygens (including phenoxy) is 1. The van der Waals surface area contributed by atoms with E-state index in [4.69, 9.17) is 4.74 Å². The molecule has 0 aromatic heterocycles. The summed E-state index contributed by atoms with van der Waals surface area (Å²) < 4.78 is 5.15. The maximum absolute atomic E-state index is 12.0. The monoisotopic (exact) mass is 381 g/mol. The van der Waals surface area contributed by atoms with Crippen molar-refractivity contribution in [3.8, 4) is 0 Å². The highest BCUT2D eigenvalue weighted by Crippen LogP contribution is 2.12. The Labute approximate surface area is 167 Å². The number of carbonyl (C=O) groups excluding carboxylic acids is 2. The Bertz CT molecular complexity index is 424. The van der Waals surface area contributed by atoms with Crippen molar-refractivity contribution in [3.63, 3.8) is 0 Å². The van der Waals surface area contributed by atoms with E-state index >= 15 is 0 Å². The van der Waals surface area contributed by atoms with E-state index in [2.05, 4.69) is 12.2 Å². The number of carbonyl (C=O) groups is 2. The third-order valence-corrected chi connectivity index (χ3v) is 4.42. The van der Waals surface area contributed by atoms with Crippen LogP contribution in [-0.4, -0.2) is 23.5 Å². The van der Waals surface area contributed by atoms with Crippen molar-refractivity contribution in [2.45, 2.75) is 123 Å². The standard InChI is InChI=1S/C23H43NO3/c1-6-7-8-9-10-11-12-13-14-15-16-17-18-19-21(25)20(2)24-22(26)27-23(3,4)5/h18-20H,6-17H2,1-5H3,(H,24,26)/b19-18+. The Morgan fingerprint density at radius 3 is 1.85 bits per heavy atom. The largest absolute Gasteiger partial charge is 0.444 e. The maximum Gasteiger partial charge on any atom is 0.408 e. The molecule has 0 fully saturated rings. The van der Waals surface area contributed by atoms with Gasteiger partial charge in [0.2, 0.25) is 0 Å². The van der Waals surface area contributed by atoms with Gasteiger partial charge in [-0.2, -0.15) is 0 Å². The van der Waals surface area contributed by atoms with Crippen LogP contribution in [0, 0.1) is 0 Å². The van der Waals surface area contributed by atoms with Crippen molar-refractivity contribution in [2.75, 3.05) is 0 Å². The zero-order valence-electron chi connectivity index (χ0n) is 18.4. The lowest BCUT2D eigenvalue weighted by Crippen LogP contribution is -2.41. The molecule has 0 heterocycles. The second kappa shape index (κ2) is 15.7. The van der Waals surface area contributed by atoms with Crippen LogP contribution in [0.5, 0.6) is 0 Å². The third-order valence-electron chi connectivity index (χ3n) is 4.42. The van der Waals surface area contributed by atoms with Crippen molar-refractivity contribution in [1.82, 2.24) is 5.32 Å². The smallest absolute Gasteiger partial charge is 0.408 e. The molecule has 0 aliphatic rings. The van der Waals surface area contributed by atoms with E-state index in [9.17, 15) is 9.59 Å². The number of amides is 1. The number of alkyl carbamates (subject to hydrolysis) is 1. The van der Waals surface area contributed by atoms with E-state index in [1.54, 1.807) is 33.8 Å². The molecule has 0 saturated heterocycles. The summed E-state index contributed by atoms with van der Waals surface area (Å²) in [5.74, 6) is -0.0936. The number of ketones is 1. The first kappa shape index (κ1) is 25.7. The van der Waals surface area contributed by atoms with E-state index in [1.807, 2.05) is 6.08 Å². The number of nitrogens with one attached hydrogen (secondary N) is 1. The molecule has 1 amide bonds. The average Bonchev–Trinajstić information content (AvgIpc) is 2.57. The van der Waals surface area contributed by atoms with Crippen LogP contribution in [0.3, 0.4) is 0 Å². The summed E-state index contributed by atoms with van der Waals surface area (Å²) in [4.78, 5) is 23.6. The van der Waals surface area contributed by atoms with Gasteiger partial charge in [0.25, 0.3) is 0 Å². The third kappa shape index (κ3) is 17.8. The molecule has 0 saturated carbocycles. The molecule has 0 bridgehead atoms. The number of hydrogen-bond acceptors (Lipinski definition) is 3. The molecule has 0 spiro atoms. The van der Waals surface area contributed by atoms with Gasteiger partial charge < -0.3 is 10.1 Å². The average molecular weight is 382 g/mol. The Balaban J connectivity index is 3.62. The molecule has 4 nitrogen and oxygen atoms in total. The molecule has 0 aromatic rings. The van der Waals surface area contributed by atoms with E-state index < -0.39 is 17.7 Å². The number of hydrogen-bond donors (Lipinski definition) is 1. The van der Waals surface area contributed by atoms with E-state index in [-0.39, 0.29) is 5.78 Å². The Hall–Kier alpha value is -1.32. The van der Waals surface area contributed by atoms with Crippen molar-refractivity contribution in [3.05, 3.63) is 12.2 Å². The summed E-state index contributed by atoms with van der Waals surface area (Å²) in [6.45, 7) is 9.33. The molecule has 1 unspecified atom stereocenters. The van der Waals surface area contributed by atoms with Crippen LogP contribution in [0.15, 0.2) is 12.2 Å². The number of allylic oxidation sites excluding steroid dienone is 1. The van der Waals surface area contributed by atoms with Gasteiger partial charge in [0, 0.05) is 0 Å². The second-order valence-corrected chi connectivity index (χ2v) is 8.50. The quantitative estimate of drug-likeness (QED) is 0.253. The first-order chi connectivity index (χ1) is 12.8. The van der Waals surface area contributed by atoms with Gasteiger partial charge in [0.15, 0.2) is 5.78 Å². The Morgan fingerprint density at radius 1 is 0.889 bits per heavy atom. The zero-order valence-corrected chi connectivity index (χ0v) is 18.4.